The lowest BCUT2D eigenvalue weighted by molar-refractivity contribution is 0.117. The van der Waals surface area contributed by atoms with Crippen LogP contribution in [0, 0.1) is 5.41 Å². The summed E-state index contributed by atoms with van der Waals surface area (Å²) in [5.41, 5.74) is 8.74. The molecule has 70 valence electrons. The van der Waals surface area contributed by atoms with Crippen LogP contribution in [0.5, 0.6) is 5.75 Å². The van der Waals surface area contributed by atoms with E-state index in [4.69, 9.17) is 22.0 Å². The smallest absolute Gasteiger partial charge is 0.198 e. The topological polar surface area (TPSA) is 116 Å². The summed E-state index contributed by atoms with van der Waals surface area (Å²) >= 11 is 0. The Kier molecular flexibility index (Phi) is 2.22. The zero-order valence-electron chi connectivity index (χ0n) is 6.86. The van der Waals surface area contributed by atoms with E-state index < -0.39 is 11.6 Å². The largest absolute Gasteiger partial charge is 0.508 e. The third-order valence-corrected chi connectivity index (χ3v) is 1.72. The molecule has 0 aliphatic carbocycles. The molecule has 0 aromatic heterocycles. The highest BCUT2D eigenvalue weighted by molar-refractivity contribution is 5.86. The summed E-state index contributed by atoms with van der Waals surface area (Å²) in [5, 5.41) is 25.5. The van der Waals surface area contributed by atoms with E-state index in [0.29, 0.717) is 0 Å². The number of rotatable bonds is 2. The standard InChI is InChI=1S/C8H11N3O2/c9-7(10)8(11,13)5-1-3-6(12)4-2-5/h1-4,12-13H,11H2,(H3,9,10)/t8-/m1/s1. The van der Waals surface area contributed by atoms with Crippen LogP contribution < -0.4 is 11.5 Å². The SMILES string of the molecule is N=C(N)[C@](N)(O)c1ccc(O)cc1. The van der Waals surface area contributed by atoms with Gasteiger partial charge in [0.1, 0.15) is 11.6 Å². The minimum absolute atomic E-state index is 0.0584. The fourth-order valence-corrected chi connectivity index (χ4v) is 0.871. The minimum Gasteiger partial charge on any atom is -0.508 e. The highest BCUT2D eigenvalue weighted by atomic mass is 16.3. The summed E-state index contributed by atoms with van der Waals surface area (Å²) in [6, 6.07) is 5.51. The van der Waals surface area contributed by atoms with E-state index in [1.807, 2.05) is 0 Å². The van der Waals surface area contributed by atoms with E-state index in [1.165, 1.54) is 24.3 Å². The molecule has 1 atom stereocenters. The number of phenols is 1. The predicted octanol–water partition coefficient (Wildman–Crippen LogP) is -0.568. The van der Waals surface area contributed by atoms with Crippen LogP contribution in [0.1, 0.15) is 5.56 Å². The van der Waals surface area contributed by atoms with Crippen LogP contribution in [0.3, 0.4) is 0 Å². The highest BCUT2D eigenvalue weighted by Gasteiger charge is 2.27. The van der Waals surface area contributed by atoms with Crippen molar-refractivity contribution in [3.05, 3.63) is 29.8 Å². The van der Waals surface area contributed by atoms with Crippen LogP contribution in [0.2, 0.25) is 0 Å². The van der Waals surface area contributed by atoms with E-state index in [-0.39, 0.29) is 11.3 Å². The van der Waals surface area contributed by atoms with Gasteiger partial charge in [-0.2, -0.15) is 0 Å². The van der Waals surface area contributed by atoms with E-state index in [2.05, 4.69) is 0 Å². The van der Waals surface area contributed by atoms with Gasteiger partial charge in [0, 0.05) is 5.56 Å². The van der Waals surface area contributed by atoms with Gasteiger partial charge in [0.2, 0.25) is 0 Å². The molecule has 13 heavy (non-hydrogen) atoms. The van der Waals surface area contributed by atoms with Gasteiger partial charge >= 0.3 is 0 Å². The van der Waals surface area contributed by atoms with Gasteiger partial charge in [0.05, 0.1) is 0 Å². The zero-order chi connectivity index (χ0) is 10.1. The average molecular weight is 181 g/mol. The number of aliphatic hydroxyl groups is 1. The van der Waals surface area contributed by atoms with Crippen molar-refractivity contribution in [3.8, 4) is 5.75 Å². The molecule has 5 nitrogen and oxygen atoms in total. The van der Waals surface area contributed by atoms with Crippen LogP contribution >= 0.6 is 0 Å². The van der Waals surface area contributed by atoms with Crippen LogP contribution in [0.4, 0.5) is 0 Å². The number of phenolic OH excluding ortho intramolecular Hbond substituents is 1. The molecule has 5 heteroatoms. The molecule has 1 rings (SSSR count). The summed E-state index contributed by atoms with van der Waals surface area (Å²) in [6.07, 6.45) is 0. The van der Waals surface area contributed by atoms with Crippen molar-refractivity contribution in [1.29, 1.82) is 5.41 Å². The molecule has 0 fully saturated rings. The van der Waals surface area contributed by atoms with Crippen molar-refractivity contribution in [2.75, 3.05) is 0 Å². The van der Waals surface area contributed by atoms with Gasteiger partial charge in [0.15, 0.2) is 5.72 Å². The highest BCUT2D eigenvalue weighted by Crippen LogP contribution is 2.17. The molecule has 0 radical (unpaired) electrons. The molecule has 0 heterocycles. The Morgan fingerprint density at radius 3 is 2.15 bits per heavy atom. The maximum absolute atomic E-state index is 9.50. The number of hydrogen-bond acceptors (Lipinski definition) is 4. The van der Waals surface area contributed by atoms with E-state index in [0.717, 1.165) is 0 Å². The monoisotopic (exact) mass is 181 g/mol. The Morgan fingerprint density at radius 1 is 1.31 bits per heavy atom. The lowest BCUT2D eigenvalue weighted by Crippen LogP contribution is -2.48. The third kappa shape index (κ3) is 1.77. The first-order valence-electron chi connectivity index (χ1n) is 3.60. The summed E-state index contributed by atoms with van der Waals surface area (Å²) in [6.45, 7) is 0. The number of benzene rings is 1. The number of nitrogens with one attached hydrogen (secondary N) is 1. The third-order valence-electron chi connectivity index (χ3n) is 1.72. The molecule has 0 amide bonds. The van der Waals surface area contributed by atoms with Crippen LogP contribution in [-0.2, 0) is 5.72 Å². The molecule has 1 aromatic carbocycles. The fraction of sp³-hybridized carbons (Fsp3) is 0.125. The molecule has 0 unspecified atom stereocenters. The first kappa shape index (κ1) is 9.50. The number of amidine groups is 1. The lowest BCUT2D eigenvalue weighted by Gasteiger charge is -2.21. The van der Waals surface area contributed by atoms with Crippen LogP contribution in [0.25, 0.3) is 0 Å². The van der Waals surface area contributed by atoms with Gasteiger partial charge in [-0.25, -0.2) is 0 Å². The van der Waals surface area contributed by atoms with Gasteiger partial charge < -0.3 is 15.9 Å². The van der Waals surface area contributed by atoms with E-state index >= 15 is 0 Å². The number of nitrogens with two attached hydrogens (primary N) is 2. The maximum Gasteiger partial charge on any atom is 0.198 e. The average Bonchev–Trinajstić information content (AvgIpc) is 2.04. The molecule has 0 saturated carbocycles. The Morgan fingerprint density at radius 2 is 1.77 bits per heavy atom. The second kappa shape index (κ2) is 3.04. The molecule has 0 aliphatic heterocycles. The zero-order valence-corrected chi connectivity index (χ0v) is 6.86. The van der Waals surface area contributed by atoms with Crippen molar-refractivity contribution < 1.29 is 10.2 Å². The lowest BCUT2D eigenvalue weighted by atomic mass is 10.0. The summed E-state index contributed by atoms with van der Waals surface area (Å²) in [5.74, 6) is -0.485. The van der Waals surface area contributed by atoms with Crippen LogP contribution in [0.15, 0.2) is 24.3 Å². The Bertz CT molecular complexity index is 319. The molecule has 0 spiro atoms. The van der Waals surface area contributed by atoms with Gasteiger partial charge in [-0.15, -0.1) is 0 Å². The normalized spacial score (nSPS) is 14.9. The fourth-order valence-electron chi connectivity index (χ4n) is 0.871. The first-order chi connectivity index (χ1) is 5.94. The first-order valence-corrected chi connectivity index (χ1v) is 3.60. The van der Waals surface area contributed by atoms with Gasteiger partial charge in [-0.1, -0.05) is 12.1 Å². The van der Waals surface area contributed by atoms with Gasteiger partial charge in [0.25, 0.3) is 0 Å². The van der Waals surface area contributed by atoms with E-state index in [1.54, 1.807) is 0 Å². The second-order valence-electron chi connectivity index (χ2n) is 2.73. The van der Waals surface area contributed by atoms with Gasteiger partial charge in [-0.3, -0.25) is 11.1 Å². The maximum atomic E-state index is 9.50. The Labute approximate surface area is 75.1 Å². The quantitative estimate of drug-likeness (QED) is 0.238. The summed E-state index contributed by atoms with van der Waals surface area (Å²) in [7, 11) is 0. The Balaban J connectivity index is 3.08. The molecular formula is C8H11N3O2. The second-order valence-corrected chi connectivity index (χ2v) is 2.73. The van der Waals surface area contributed by atoms with Crippen molar-refractivity contribution >= 4 is 5.84 Å². The summed E-state index contributed by atoms with van der Waals surface area (Å²) in [4.78, 5) is 0. The van der Waals surface area contributed by atoms with Crippen molar-refractivity contribution in [1.82, 2.24) is 0 Å². The minimum atomic E-state index is -1.96. The molecular weight excluding hydrogens is 170 g/mol. The van der Waals surface area contributed by atoms with Crippen molar-refractivity contribution in [2.24, 2.45) is 11.5 Å². The molecule has 0 bridgehead atoms. The molecule has 0 saturated heterocycles. The van der Waals surface area contributed by atoms with Gasteiger partial charge in [-0.05, 0) is 12.1 Å². The van der Waals surface area contributed by atoms with E-state index in [9.17, 15) is 5.11 Å². The molecule has 1 aromatic rings. The predicted molar refractivity (Wildman–Crippen MR) is 48.1 cm³/mol. The molecule has 0 aliphatic rings. The number of aromatic hydroxyl groups is 1. The Hall–Kier alpha value is -1.59. The van der Waals surface area contributed by atoms with Crippen molar-refractivity contribution in [3.63, 3.8) is 0 Å². The van der Waals surface area contributed by atoms with Crippen LogP contribution in [-0.4, -0.2) is 16.0 Å². The molecule has 7 N–H and O–H groups in total. The van der Waals surface area contributed by atoms with Crippen molar-refractivity contribution in [2.45, 2.75) is 5.72 Å². The number of hydrogen-bond donors (Lipinski definition) is 5. The summed E-state index contributed by atoms with van der Waals surface area (Å²) < 4.78 is 0.